The van der Waals surface area contributed by atoms with Gasteiger partial charge in [-0.3, -0.25) is 4.79 Å². The van der Waals surface area contributed by atoms with Crippen LogP contribution in [-0.2, 0) is 23.8 Å². The number of aryl methyl sites for hydroxylation is 3. The Morgan fingerprint density at radius 1 is 1.31 bits per heavy atom. The number of hydrogen-bond donors (Lipinski definition) is 1. The van der Waals surface area contributed by atoms with E-state index in [1.165, 1.54) is 28.3 Å². The van der Waals surface area contributed by atoms with Crippen molar-refractivity contribution in [3.63, 3.8) is 0 Å². The maximum absolute atomic E-state index is 13.0. The first kappa shape index (κ1) is 20.4. The fourth-order valence-electron chi connectivity index (χ4n) is 3.32. The predicted octanol–water partition coefficient (Wildman–Crippen LogP) is 5.89. The first-order valence-electron chi connectivity index (χ1n) is 8.80. The molecule has 29 heavy (non-hydrogen) atoms. The predicted molar refractivity (Wildman–Crippen MR) is 110 cm³/mol. The molecule has 1 aromatic carbocycles. The molecule has 1 N–H and O–H groups in total. The van der Waals surface area contributed by atoms with Gasteiger partial charge < -0.3 is 5.32 Å². The number of thiophene rings is 1. The summed E-state index contributed by atoms with van der Waals surface area (Å²) in [6.45, 7) is 1.81. The summed E-state index contributed by atoms with van der Waals surface area (Å²) >= 11 is 8.56. The molecule has 0 radical (unpaired) electrons. The van der Waals surface area contributed by atoms with Crippen LogP contribution in [0.15, 0.2) is 23.2 Å². The molecular weight excluding hydrogens is 443 g/mol. The van der Waals surface area contributed by atoms with Gasteiger partial charge in [0.2, 0.25) is 5.91 Å². The van der Waals surface area contributed by atoms with Crippen molar-refractivity contribution in [3.8, 4) is 0 Å². The quantitative estimate of drug-likeness (QED) is 0.392. The number of amides is 1. The van der Waals surface area contributed by atoms with Crippen molar-refractivity contribution >= 4 is 56.5 Å². The topological polar surface area (TPSA) is 54.9 Å². The second-order valence-electron chi connectivity index (χ2n) is 6.64. The van der Waals surface area contributed by atoms with Crippen molar-refractivity contribution < 1.29 is 18.0 Å². The van der Waals surface area contributed by atoms with Crippen LogP contribution >= 0.6 is 34.7 Å². The molecule has 0 unspecified atom stereocenters. The van der Waals surface area contributed by atoms with Crippen molar-refractivity contribution in [2.24, 2.45) is 0 Å². The highest BCUT2D eigenvalue weighted by Gasteiger charge is 2.33. The molecule has 1 aliphatic carbocycles. The molecule has 1 aliphatic rings. The number of anilines is 1. The van der Waals surface area contributed by atoms with Gasteiger partial charge in [-0.25, -0.2) is 9.97 Å². The third-order valence-corrected chi connectivity index (χ3v) is 7.03. The second kappa shape index (κ2) is 7.77. The van der Waals surface area contributed by atoms with Gasteiger partial charge in [-0.05, 0) is 49.9 Å². The Kier molecular flexibility index (Phi) is 5.48. The summed E-state index contributed by atoms with van der Waals surface area (Å²) < 4.78 is 39.0. The van der Waals surface area contributed by atoms with E-state index in [0.717, 1.165) is 46.6 Å². The number of halogens is 4. The summed E-state index contributed by atoms with van der Waals surface area (Å²) in [4.78, 5) is 23.6. The van der Waals surface area contributed by atoms with E-state index in [4.69, 9.17) is 11.6 Å². The van der Waals surface area contributed by atoms with Crippen LogP contribution in [0, 0.1) is 6.92 Å². The average molecular weight is 458 g/mol. The molecule has 0 spiro atoms. The number of carbonyl (C=O) groups excluding carboxylic acids is 1. The normalized spacial score (nSPS) is 13.7. The Bertz CT molecular complexity index is 1110. The highest BCUT2D eigenvalue weighted by atomic mass is 35.5. The molecule has 2 aromatic heterocycles. The molecule has 10 heteroatoms. The summed E-state index contributed by atoms with van der Waals surface area (Å²) in [6, 6.07) is 3.31. The van der Waals surface area contributed by atoms with E-state index >= 15 is 0 Å². The first-order chi connectivity index (χ1) is 13.7. The van der Waals surface area contributed by atoms with Gasteiger partial charge in [0.15, 0.2) is 0 Å². The Balaban J connectivity index is 1.51. The molecule has 0 bridgehead atoms. The van der Waals surface area contributed by atoms with Gasteiger partial charge in [0.25, 0.3) is 0 Å². The Hall–Kier alpha value is -1.84. The number of benzene rings is 1. The van der Waals surface area contributed by atoms with Crippen molar-refractivity contribution in [1.82, 2.24) is 9.97 Å². The van der Waals surface area contributed by atoms with Crippen molar-refractivity contribution in [3.05, 3.63) is 45.1 Å². The van der Waals surface area contributed by atoms with Crippen molar-refractivity contribution in [2.45, 2.75) is 37.4 Å². The molecule has 0 saturated heterocycles. The highest BCUT2D eigenvalue weighted by molar-refractivity contribution is 8.00. The van der Waals surface area contributed by atoms with Crippen molar-refractivity contribution in [1.29, 1.82) is 0 Å². The molecule has 0 aliphatic heterocycles. The van der Waals surface area contributed by atoms with E-state index in [0.29, 0.717) is 5.82 Å². The smallest absolute Gasteiger partial charge is 0.325 e. The average Bonchev–Trinajstić information content (AvgIpc) is 3.21. The van der Waals surface area contributed by atoms with Crippen LogP contribution in [-0.4, -0.2) is 21.6 Å². The molecular formula is C19H15ClF3N3OS2. The van der Waals surface area contributed by atoms with E-state index < -0.39 is 22.7 Å². The van der Waals surface area contributed by atoms with Gasteiger partial charge in [0.1, 0.15) is 15.7 Å². The van der Waals surface area contributed by atoms with E-state index in [1.807, 2.05) is 0 Å². The summed E-state index contributed by atoms with van der Waals surface area (Å²) in [6.07, 6.45) is -1.46. The molecule has 152 valence electrons. The molecule has 0 atom stereocenters. The van der Waals surface area contributed by atoms with Crippen LogP contribution in [0.1, 0.15) is 28.2 Å². The van der Waals surface area contributed by atoms with Gasteiger partial charge in [-0.2, -0.15) is 13.2 Å². The summed E-state index contributed by atoms with van der Waals surface area (Å²) in [5.74, 6) is 0.245. The molecule has 3 aromatic rings. The molecule has 0 saturated carbocycles. The maximum Gasteiger partial charge on any atom is 0.417 e. The van der Waals surface area contributed by atoms with Crippen molar-refractivity contribution in [2.75, 3.05) is 11.1 Å². The second-order valence-corrected chi connectivity index (χ2v) is 9.10. The zero-order valence-corrected chi connectivity index (χ0v) is 17.6. The van der Waals surface area contributed by atoms with Crippen LogP contribution in [0.4, 0.5) is 18.9 Å². The minimum atomic E-state index is -4.59. The molecule has 4 rings (SSSR count). The summed E-state index contributed by atoms with van der Waals surface area (Å²) in [5.41, 5.74) is 0.333. The lowest BCUT2D eigenvalue weighted by molar-refractivity contribution is -0.137. The number of fused-ring (bicyclic) bond motifs is 3. The lowest BCUT2D eigenvalue weighted by atomic mass is 10.2. The lowest BCUT2D eigenvalue weighted by Gasteiger charge is -2.12. The van der Waals surface area contributed by atoms with Gasteiger partial charge in [0.05, 0.1) is 16.3 Å². The SMILES string of the molecule is Cc1nc(SCC(=O)Nc2ccc(Cl)c(C(F)(F)F)c2)c2c3c(sc2n1)CCC3. The van der Waals surface area contributed by atoms with Gasteiger partial charge in [-0.1, -0.05) is 23.4 Å². The number of carbonyl (C=O) groups is 1. The minimum absolute atomic E-state index is 0.0279. The third kappa shape index (κ3) is 4.22. The molecule has 2 heterocycles. The highest BCUT2D eigenvalue weighted by Crippen LogP contribution is 2.40. The molecule has 1 amide bonds. The Morgan fingerprint density at radius 3 is 2.86 bits per heavy atom. The zero-order valence-electron chi connectivity index (χ0n) is 15.2. The van der Waals surface area contributed by atoms with Gasteiger partial charge in [0, 0.05) is 16.0 Å². The number of alkyl halides is 3. The number of thioether (sulfide) groups is 1. The maximum atomic E-state index is 13.0. The van der Waals surface area contributed by atoms with Crippen LogP contribution in [0.2, 0.25) is 5.02 Å². The fourth-order valence-corrected chi connectivity index (χ4v) is 5.82. The third-order valence-electron chi connectivity index (χ3n) is 4.54. The number of hydrogen-bond acceptors (Lipinski definition) is 5. The molecule has 0 fully saturated rings. The fraction of sp³-hybridized carbons (Fsp3) is 0.316. The van der Waals surface area contributed by atoms with Crippen LogP contribution in [0.3, 0.4) is 0 Å². The van der Waals surface area contributed by atoms with E-state index in [9.17, 15) is 18.0 Å². The number of nitrogens with zero attached hydrogens (tertiary/aromatic N) is 2. The van der Waals surface area contributed by atoms with E-state index in [-0.39, 0.29) is 11.4 Å². The first-order valence-corrected chi connectivity index (χ1v) is 11.0. The van der Waals surface area contributed by atoms with Gasteiger partial charge in [-0.15, -0.1) is 11.3 Å². The number of rotatable bonds is 4. The van der Waals surface area contributed by atoms with E-state index in [1.54, 1.807) is 18.3 Å². The van der Waals surface area contributed by atoms with Crippen LogP contribution < -0.4 is 5.32 Å². The standard InChI is InChI=1S/C19H15ClF3N3OS2/c1-9-24-17(16-11-3-2-4-14(11)29-18(16)25-9)28-8-15(27)26-10-5-6-13(20)12(7-10)19(21,22)23/h5-7H,2-4,8H2,1H3,(H,26,27). The number of aromatic nitrogens is 2. The Labute approximate surface area is 177 Å². The summed E-state index contributed by atoms with van der Waals surface area (Å²) in [5, 5.41) is 3.85. The Morgan fingerprint density at radius 2 is 2.10 bits per heavy atom. The summed E-state index contributed by atoms with van der Waals surface area (Å²) in [7, 11) is 0. The monoisotopic (exact) mass is 457 g/mol. The lowest BCUT2D eigenvalue weighted by Crippen LogP contribution is -2.15. The van der Waals surface area contributed by atoms with Crippen LogP contribution in [0.25, 0.3) is 10.2 Å². The molecule has 4 nitrogen and oxygen atoms in total. The zero-order chi connectivity index (χ0) is 20.8. The number of nitrogens with one attached hydrogen (secondary N) is 1. The van der Waals surface area contributed by atoms with Crippen LogP contribution in [0.5, 0.6) is 0 Å². The largest absolute Gasteiger partial charge is 0.417 e. The van der Waals surface area contributed by atoms with E-state index in [2.05, 4.69) is 15.3 Å². The van der Waals surface area contributed by atoms with Gasteiger partial charge >= 0.3 is 6.18 Å². The minimum Gasteiger partial charge on any atom is -0.325 e.